The fraction of sp³-hybridized carbons (Fsp3) is 0.771. The zero-order valence-electron chi connectivity index (χ0n) is 38.2. The fourth-order valence-electron chi connectivity index (χ4n) is 10.5. The summed E-state index contributed by atoms with van der Waals surface area (Å²) in [6, 6.07) is 0. The molecule has 1 aliphatic carbocycles. The van der Waals surface area contributed by atoms with Crippen LogP contribution in [0.4, 0.5) is 0 Å². The van der Waals surface area contributed by atoms with Crippen LogP contribution in [0.3, 0.4) is 0 Å². The zero-order valence-corrected chi connectivity index (χ0v) is 38.2. The van der Waals surface area contributed by atoms with Gasteiger partial charge in [0.2, 0.25) is 0 Å². The van der Waals surface area contributed by atoms with E-state index < -0.39 is 90.8 Å². The molecule has 4 saturated heterocycles. The molecule has 0 aromatic heterocycles. The van der Waals surface area contributed by atoms with Crippen LogP contribution in [0, 0.1) is 23.7 Å². The zero-order chi connectivity index (χ0) is 44.7. The highest BCUT2D eigenvalue weighted by Gasteiger charge is 2.60. The van der Waals surface area contributed by atoms with Gasteiger partial charge < -0.3 is 62.7 Å². The fourth-order valence-corrected chi connectivity index (χ4v) is 10.5. The van der Waals surface area contributed by atoms with E-state index >= 15 is 0 Å². The highest BCUT2D eigenvalue weighted by atomic mass is 16.7. The molecule has 7 rings (SSSR count). The SMILES string of the molecule is COC1CC(OC2C(C)OC(O[C@@H]3/C(C)=C/CC4C[C@@H](C[C@]5(C=C[C@H](C)[C@@H](CC(C)C)O5)O4)OC(=O)C4C=C(C)[C@@H](O)[C@H]5OC/C(=C\C=C\[C@@H]3C)[C@@]45O)CC2OC)OC(C)C1O. The smallest absolute Gasteiger partial charge is 0.316 e. The van der Waals surface area contributed by atoms with Gasteiger partial charge in [0, 0.05) is 51.7 Å². The van der Waals surface area contributed by atoms with Crippen molar-refractivity contribution < 1.29 is 67.5 Å². The molecular weight excluding hydrogens is 801 g/mol. The summed E-state index contributed by atoms with van der Waals surface area (Å²) in [5.41, 5.74) is 0.135. The number of esters is 1. The van der Waals surface area contributed by atoms with Gasteiger partial charge in [0.25, 0.3) is 0 Å². The van der Waals surface area contributed by atoms with Crippen molar-refractivity contribution in [3.8, 4) is 0 Å². The molecule has 348 valence electrons. The predicted molar refractivity (Wildman–Crippen MR) is 227 cm³/mol. The van der Waals surface area contributed by atoms with Crippen molar-refractivity contribution in [2.45, 2.75) is 191 Å². The molecule has 0 radical (unpaired) electrons. The second-order valence-corrected chi connectivity index (χ2v) is 19.3. The molecule has 62 heavy (non-hydrogen) atoms. The number of carbonyl (C=O) groups excluding carboxylic acids is 1. The third-order valence-electron chi connectivity index (χ3n) is 14.1. The Hall–Kier alpha value is -2.31. The average molecular weight is 873 g/mol. The molecule has 19 atom stereocenters. The Bertz CT molecular complexity index is 1720. The lowest BCUT2D eigenvalue weighted by molar-refractivity contribution is -0.318. The molecule has 6 aliphatic heterocycles. The molecule has 6 heterocycles. The number of carbonyl (C=O) groups is 1. The van der Waals surface area contributed by atoms with E-state index in [4.69, 9.17) is 47.4 Å². The van der Waals surface area contributed by atoms with Gasteiger partial charge in [-0.3, -0.25) is 4.79 Å². The number of rotatable bonds is 8. The maximum Gasteiger partial charge on any atom is 0.316 e. The summed E-state index contributed by atoms with van der Waals surface area (Å²) < 4.78 is 63.6. The Morgan fingerprint density at radius 2 is 1.58 bits per heavy atom. The minimum Gasteiger partial charge on any atom is -0.462 e. The first-order valence-corrected chi connectivity index (χ1v) is 22.8. The van der Waals surface area contributed by atoms with E-state index in [1.54, 1.807) is 40.2 Å². The van der Waals surface area contributed by atoms with Crippen LogP contribution in [-0.2, 0) is 52.2 Å². The maximum atomic E-state index is 14.3. The van der Waals surface area contributed by atoms with Crippen LogP contribution in [0.1, 0.15) is 93.9 Å². The molecule has 14 heteroatoms. The summed E-state index contributed by atoms with van der Waals surface area (Å²) in [7, 11) is 3.22. The third-order valence-corrected chi connectivity index (χ3v) is 14.1. The number of hydrogen-bond acceptors (Lipinski definition) is 14. The lowest BCUT2D eigenvalue weighted by Gasteiger charge is -2.47. The van der Waals surface area contributed by atoms with Crippen molar-refractivity contribution in [3.05, 3.63) is 59.3 Å². The van der Waals surface area contributed by atoms with Crippen LogP contribution >= 0.6 is 0 Å². The van der Waals surface area contributed by atoms with E-state index in [1.165, 1.54) is 0 Å². The van der Waals surface area contributed by atoms with E-state index in [0.29, 0.717) is 49.2 Å². The largest absolute Gasteiger partial charge is 0.462 e. The number of aliphatic hydroxyl groups excluding tert-OH is 2. The molecule has 0 aromatic carbocycles. The second kappa shape index (κ2) is 19.7. The third kappa shape index (κ3) is 9.92. The van der Waals surface area contributed by atoms with Crippen LogP contribution < -0.4 is 0 Å². The van der Waals surface area contributed by atoms with Crippen LogP contribution in [-0.4, -0.2) is 139 Å². The molecule has 10 unspecified atom stereocenters. The summed E-state index contributed by atoms with van der Waals surface area (Å²) in [6.45, 7) is 16.1. The highest BCUT2D eigenvalue weighted by Crippen LogP contribution is 2.47. The minimum absolute atomic E-state index is 0.0319. The second-order valence-electron chi connectivity index (χ2n) is 19.3. The quantitative estimate of drug-likeness (QED) is 0.210. The van der Waals surface area contributed by atoms with Crippen LogP contribution in [0.2, 0.25) is 0 Å². The summed E-state index contributed by atoms with van der Waals surface area (Å²) in [4.78, 5) is 14.3. The number of hydrogen-bond donors (Lipinski definition) is 3. The first-order chi connectivity index (χ1) is 29.4. The van der Waals surface area contributed by atoms with Crippen molar-refractivity contribution in [1.29, 1.82) is 0 Å². The van der Waals surface area contributed by atoms with Crippen LogP contribution in [0.15, 0.2) is 59.3 Å². The predicted octanol–water partition coefficient (Wildman–Crippen LogP) is 5.38. The number of ether oxygens (including phenoxy) is 10. The van der Waals surface area contributed by atoms with Crippen LogP contribution in [0.5, 0.6) is 0 Å². The molecule has 14 nitrogen and oxygen atoms in total. The highest BCUT2D eigenvalue weighted by molar-refractivity contribution is 5.78. The van der Waals surface area contributed by atoms with E-state index in [9.17, 15) is 20.1 Å². The Morgan fingerprint density at radius 1 is 0.871 bits per heavy atom. The van der Waals surface area contributed by atoms with Crippen LogP contribution in [0.25, 0.3) is 0 Å². The average Bonchev–Trinajstić information content (AvgIpc) is 3.56. The van der Waals surface area contributed by atoms with Gasteiger partial charge in [0.05, 0.1) is 49.3 Å². The normalized spacial score (nSPS) is 48.7. The Balaban J connectivity index is 1.18. The van der Waals surface area contributed by atoms with Gasteiger partial charge in [-0.05, 0) is 69.2 Å². The number of aliphatic hydroxyl groups is 3. The van der Waals surface area contributed by atoms with Gasteiger partial charge in [0.1, 0.15) is 42.0 Å². The summed E-state index contributed by atoms with van der Waals surface area (Å²) in [5, 5.41) is 34.2. The van der Waals surface area contributed by atoms with Crippen molar-refractivity contribution in [2.24, 2.45) is 23.7 Å². The standard InChI is InChI=1S/C48H72O14/c1-25(2)18-36-26(3)16-17-47(62-36)23-34-20-33(61-47)15-14-28(5)43(27(4)12-11-13-32-24-55-45-41(49)29(6)19-35(46(51)58-34)48(32,45)52)59-40-22-38(54-10)44(31(8)57-40)60-39-21-37(53-9)42(50)30(7)56-39/h11-14,16-17,19,25-27,30-31,33-45,49-50,52H,15,18,20-24H2,1-10H3/b12-11+,28-14+,32-13+/t26-,27-,30?,31?,33?,34-,35?,36+,37?,38?,39?,40?,41+,42?,43-,44?,45+,47+,48+/m0/s1. The first kappa shape index (κ1) is 47.6. The molecule has 4 fully saturated rings. The topological polar surface area (TPSA) is 170 Å². The molecule has 1 spiro atoms. The molecule has 0 aromatic rings. The van der Waals surface area contributed by atoms with Gasteiger partial charge in [-0.2, -0.15) is 0 Å². The molecule has 0 amide bonds. The number of allylic oxidation sites excluding steroid dienone is 2. The van der Waals surface area contributed by atoms with Gasteiger partial charge in [-0.25, -0.2) is 0 Å². The lowest BCUT2D eigenvalue weighted by atomic mass is 9.71. The molecule has 7 aliphatic rings. The van der Waals surface area contributed by atoms with E-state index in [-0.39, 0.29) is 36.8 Å². The summed E-state index contributed by atoms with van der Waals surface area (Å²) in [6.07, 6.45) is 8.47. The lowest BCUT2D eigenvalue weighted by Crippen LogP contribution is -2.58. The monoisotopic (exact) mass is 872 g/mol. The van der Waals surface area contributed by atoms with Crippen molar-refractivity contribution in [3.63, 3.8) is 0 Å². The van der Waals surface area contributed by atoms with Gasteiger partial charge in [0.15, 0.2) is 18.4 Å². The Labute approximate surface area is 367 Å². The maximum absolute atomic E-state index is 14.3. The Morgan fingerprint density at radius 3 is 2.31 bits per heavy atom. The number of fused-ring (bicyclic) bond motifs is 2. The van der Waals surface area contributed by atoms with Crippen molar-refractivity contribution in [2.75, 3.05) is 20.8 Å². The van der Waals surface area contributed by atoms with E-state index in [0.717, 1.165) is 12.0 Å². The first-order valence-electron chi connectivity index (χ1n) is 22.8. The van der Waals surface area contributed by atoms with Gasteiger partial charge in [-0.1, -0.05) is 64.2 Å². The Kier molecular flexibility index (Phi) is 15.1. The van der Waals surface area contributed by atoms with Crippen molar-refractivity contribution >= 4 is 5.97 Å². The molecular formula is C48H72O14. The molecule has 2 bridgehead atoms. The summed E-state index contributed by atoms with van der Waals surface area (Å²) >= 11 is 0. The van der Waals surface area contributed by atoms with E-state index in [2.05, 4.69) is 39.8 Å². The van der Waals surface area contributed by atoms with Crippen molar-refractivity contribution in [1.82, 2.24) is 0 Å². The molecule has 3 N–H and O–H groups in total. The van der Waals surface area contributed by atoms with Gasteiger partial charge in [-0.15, -0.1) is 0 Å². The summed E-state index contributed by atoms with van der Waals surface area (Å²) in [5.74, 6) is -2.41. The number of methoxy groups -OCH3 is 2. The van der Waals surface area contributed by atoms with E-state index in [1.807, 2.05) is 32.1 Å². The van der Waals surface area contributed by atoms with Gasteiger partial charge >= 0.3 is 5.97 Å². The minimum atomic E-state index is -1.83. The molecule has 0 saturated carbocycles.